The predicted octanol–water partition coefficient (Wildman–Crippen LogP) is 0.408. The van der Waals surface area contributed by atoms with Gasteiger partial charge in [-0.3, -0.25) is 5.10 Å². The molecule has 18 heavy (non-hydrogen) atoms. The Balaban J connectivity index is 1.92. The molecule has 0 unspecified atom stereocenters. The van der Waals surface area contributed by atoms with Gasteiger partial charge in [-0.15, -0.1) is 0 Å². The number of hydrogen-bond acceptors (Lipinski definition) is 6. The first-order chi connectivity index (χ1) is 8.78. The second kappa shape index (κ2) is 4.41. The first-order valence-corrected chi connectivity index (χ1v) is 5.98. The Morgan fingerprint density at radius 1 is 1.56 bits per heavy atom. The number of anilines is 2. The number of fused-ring (bicyclic) bond motifs is 1. The zero-order valence-corrected chi connectivity index (χ0v) is 10.3. The lowest BCUT2D eigenvalue weighted by Gasteiger charge is -2.18. The van der Waals surface area contributed by atoms with Gasteiger partial charge in [-0.25, -0.2) is 0 Å². The van der Waals surface area contributed by atoms with Crippen LogP contribution in [0.2, 0.25) is 0 Å². The third-order valence-electron chi connectivity index (χ3n) is 3.29. The molecule has 0 aliphatic carbocycles. The first kappa shape index (κ1) is 11.2. The minimum Gasteiger partial charge on any atom is -0.384 e. The fourth-order valence-electron chi connectivity index (χ4n) is 2.47. The molecular weight excluding hydrogens is 232 g/mol. The Morgan fingerprint density at radius 2 is 2.44 bits per heavy atom. The standard InChI is InChI=1S/C11H16N6O/c1-18-6-7-2-3-17(5-7)10-8-4-13-16-9(8)14-11(12)15-10/h4,7H,2-3,5-6H2,1H3,(H3,12,13,14,15,16)/t7-/m0/s1. The minimum atomic E-state index is 0.275. The van der Waals surface area contributed by atoms with Crippen molar-refractivity contribution in [3.05, 3.63) is 6.20 Å². The molecular formula is C11H16N6O. The van der Waals surface area contributed by atoms with Gasteiger partial charge in [0.25, 0.3) is 0 Å². The van der Waals surface area contributed by atoms with Crippen molar-refractivity contribution < 1.29 is 4.74 Å². The van der Waals surface area contributed by atoms with E-state index in [1.807, 2.05) is 0 Å². The Kier molecular flexibility index (Phi) is 2.75. The van der Waals surface area contributed by atoms with Gasteiger partial charge in [0.2, 0.25) is 5.95 Å². The van der Waals surface area contributed by atoms with Crippen LogP contribution >= 0.6 is 0 Å². The first-order valence-electron chi connectivity index (χ1n) is 5.98. The van der Waals surface area contributed by atoms with E-state index in [0.717, 1.165) is 37.3 Å². The molecule has 0 aromatic carbocycles. The maximum atomic E-state index is 5.72. The van der Waals surface area contributed by atoms with Gasteiger partial charge < -0.3 is 15.4 Å². The Morgan fingerprint density at radius 3 is 3.28 bits per heavy atom. The van der Waals surface area contributed by atoms with Crippen molar-refractivity contribution in [3.63, 3.8) is 0 Å². The second-order valence-corrected chi connectivity index (χ2v) is 4.59. The number of hydrogen-bond donors (Lipinski definition) is 2. The van der Waals surface area contributed by atoms with Crippen molar-refractivity contribution in [2.45, 2.75) is 6.42 Å². The number of methoxy groups -OCH3 is 1. The number of aromatic amines is 1. The number of rotatable bonds is 3. The summed E-state index contributed by atoms with van der Waals surface area (Å²) < 4.78 is 5.20. The molecule has 0 spiro atoms. The molecule has 2 aromatic rings. The summed E-state index contributed by atoms with van der Waals surface area (Å²) >= 11 is 0. The molecule has 96 valence electrons. The number of aromatic nitrogens is 4. The molecule has 1 aliphatic rings. The lowest BCUT2D eigenvalue weighted by atomic mass is 10.1. The van der Waals surface area contributed by atoms with Crippen LogP contribution in [0.15, 0.2) is 6.20 Å². The van der Waals surface area contributed by atoms with E-state index in [-0.39, 0.29) is 5.95 Å². The number of nitrogen functional groups attached to an aromatic ring is 1. The van der Waals surface area contributed by atoms with E-state index in [4.69, 9.17) is 10.5 Å². The van der Waals surface area contributed by atoms with Gasteiger partial charge in [-0.2, -0.15) is 15.1 Å². The molecule has 7 nitrogen and oxygen atoms in total. The quantitative estimate of drug-likeness (QED) is 0.817. The molecule has 1 atom stereocenters. The molecule has 1 saturated heterocycles. The third-order valence-corrected chi connectivity index (χ3v) is 3.29. The Bertz CT molecular complexity index is 553. The van der Waals surface area contributed by atoms with Crippen LogP contribution in [0, 0.1) is 5.92 Å². The highest BCUT2D eigenvalue weighted by molar-refractivity contribution is 5.87. The largest absolute Gasteiger partial charge is 0.384 e. The van der Waals surface area contributed by atoms with E-state index < -0.39 is 0 Å². The van der Waals surface area contributed by atoms with E-state index >= 15 is 0 Å². The molecule has 2 aromatic heterocycles. The zero-order chi connectivity index (χ0) is 12.5. The molecule has 1 aliphatic heterocycles. The number of ether oxygens (including phenoxy) is 1. The monoisotopic (exact) mass is 248 g/mol. The molecule has 1 fully saturated rings. The highest BCUT2D eigenvalue weighted by Crippen LogP contribution is 2.28. The van der Waals surface area contributed by atoms with Gasteiger partial charge in [-0.05, 0) is 6.42 Å². The van der Waals surface area contributed by atoms with Crippen LogP contribution in [0.4, 0.5) is 11.8 Å². The summed E-state index contributed by atoms with van der Waals surface area (Å²) in [5, 5.41) is 7.74. The molecule has 3 rings (SSSR count). The van der Waals surface area contributed by atoms with Crippen LogP contribution < -0.4 is 10.6 Å². The van der Waals surface area contributed by atoms with E-state index in [1.165, 1.54) is 0 Å². The van der Waals surface area contributed by atoms with Crippen molar-refractivity contribution in [2.75, 3.05) is 37.4 Å². The van der Waals surface area contributed by atoms with Crippen molar-refractivity contribution >= 4 is 22.8 Å². The zero-order valence-electron chi connectivity index (χ0n) is 10.3. The minimum absolute atomic E-state index is 0.275. The molecule has 0 saturated carbocycles. The molecule has 0 amide bonds. The van der Waals surface area contributed by atoms with Crippen LogP contribution in [0.25, 0.3) is 11.0 Å². The average molecular weight is 248 g/mol. The van der Waals surface area contributed by atoms with Gasteiger partial charge in [0.05, 0.1) is 18.2 Å². The van der Waals surface area contributed by atoms with E-state index in [0.29, 0.717) is 11.6 Å². The topological polar surface area (TPSA) is 93.0 Å². The van der Waals surface area contributed by atoms with E-state index in [9.17, 15) is 0 Å². The number of H-pyrrole nitrogens is 1. The molecule has 7 heteroatoms. The lowest BCUT2D eigenvalue weighted by molar-refractivity contribution is 0.161. The van der Waals surface area contributed by atoms with Crippen molar-refractivity contribution in [1.29, 1.82) is 0 Å². The Labute approximate surface area is 104 Å². The Hall–Kier alpha value is -1.89. The van der Waals surface area contributed by atoms with Gasteiger partial charge in [0.1, 0.15) is 5.82 Å². The summed E-state index contributed by atoms with van der Waals surface area (Å²) in [4.78, 5) is 10.7. The number of nitrogens with two attached hydrogens (primary N) is 1. The molecule has 0 radical (unpaired) electrons. The van der Waals surface area contributed by atoms with Crippen LogP contribution in [0.3, 0.4) is 0 Å². The van der Waals surface area contributed by atoms with Crippen LogP contribution in [0.1, 0.15) is 6.42 Å². The van der Waals surface area contributed by atoms with Crippen molar-refractivity contribution in [1.82, 2.24) is 20.2 Å². The van der Waals surface area contributed by atoms with Gasteiger partial charge in [-0.1, -0.05) is 0 Å². The lowest BCUT2D eigenvalue weighted by Crippen LogP contribution is -2.22. The predicted molar refractivity (Wildman–Crippen MR) is 68.3 cm³/mol. The summed E-state index contributed by atoms with van der Waals surface area (Å²) in [6, 6.07) is 0. The highest BCUT2D eigenvalue weighted by Gasteiger charge is 2.25. The number of nitrogens with one attached hydrogen (secondary N) is 1. The maximum Gasteiger partial charge on any atom is 0.224 e. The summed E-state index contributed by atoms with van der Waals surface area (Å²) in [7, 11) is 1.74. The number of nitrogens with zero attached hydrogens (tertiary/aromatic N) is 4. The van der Waals surface area contributed by atoms with Crippen LogP contribution in [-0.4, -0.2) is 47.0 Å². The summed E-state index contributed by atoms with van der Waals surface area (Å²) in [6.07, 6.45) is 2.85. The molecule has 3 heterocycles. The third kappa shape index (κ3) is 1.86. The summed E-state index contributed by atoms with van der Waals surface area (Å²) in [5.41, 5.74) is 6.41. The SMILES string of the molecule is COC[C@H]1CCN(c2nc(N)nc3[nH]ncc23)C1. The fraction of sp³-hybridized carbons (Fsp3) is 0.545. The van der Waals surface area contributed by atoms with E-state index in [1.54, 1.807) is 13.3 Å². The summed E-state index contributed by atoms with van der Waals surface area (Å²) in [6.45, 7) is 2.68. The van der Waals surface area contributed by atoms with Crippen molar-refractivity contribution in [2.24, 2.45) is 5.92 Å². The maximum absolute atomic E-state index is 5.72. The fourth-order valence-corrected chi connectivity index (χ4v) is 2.47. The van der Waals surface area contributed by atoms with Crippen molar-refractivity contribution in [3.8, 4) is 0 Å². The average Bonchev–Trinajstić information content (AvgIpc) is 2.96. The normalized spacial score (nSPS) is 19.8. The van der Waals surface area contributed by atoms with Gasteiger partial charge in [0, 0.05) is 26.1 Å². The van der Waals surface area contributed by atoms with E-state index in [2.05, 4.69) is 25.1 Å². The molecule has 0 bridgehead atoms. The molecule has 3 N–H and O–H groups in total. The van der Waals surface area contributed by atoms with Gasteiger partial charge >= 0.3 is 0 Å². The second-order valence-electron chi connectivity index (χ2n) is 4.59. The summed E-state index contributed by atoms with van der Waals surface area (Å²) in [5.74, 6) is 1.69. The van der Waals surface area contributed by atoms with Crippen LogP contribution in [0.5, 0.6) is 0 Å². The van der Waals surface area contributed by atoms with Crippen LogP contribution in [-0.2, 0) is 4.74 Å². The van der Waals surface area contributed by atoms with Gasteiger partial charge in [0.15, 0.2) is 5.65 Å². The highest BCUT2D eigenvalue weighted by atomic mass is 16.5. The smallest absolute Gasteiger partial charge is 0.224 e.